The van der Waals surface area contributed by atoms with Gasteiger partial charge in [-0.05, 0) is 23.8 Å². The maximum absolute atomic E-state index is 12.9. The van der Waals surface area contributed by atoms with Crippen molar-refractivity contribution >= 4 is 38.4 Å². The van der Waals surface area contributed by atoms with Gasteiger partial charge in [0.25, 0.3) is 5.91 Å². The van der Waals surface area contributed by atoms with Crippen molar-refractivity contribution in [3.05, 3.63) is 70.9 Å². The van der Waals surface area contributed by atoms with Crippen LogP contribution in [0.3, 0.4) is 0 Å². The molecule has 3 aromatic heterocycles. The molecule has 0 spiro atoms. The summed E-state index contributed by atoms with van der Waals surface area (Å²) in [5.41, 5.74) is 3.24. The van der Waals surface area contributed by atoms with Gasteiger partial charge < -0.3 is 9.64 Å². The highest BCUT2D eigenvalue weighted by Crippen LogP contribution is 2.38. The second kappa shape index (κ2) is 8.34. The Labute approximate surface area is 185 Å². The third kappa shape index (κ3) is 3.80. The maximum atomic E-state index is 12.9. The van der Waals surface area contributed by atoms with E-state index in [1.807, 2.05) is 30.5 Å². The Morgan fingerprint density at radius 1 is 1.13 bits per heavy atom. The van der Waals surface area contributed by atoms with Crippen LogP contribution < -0.4 is 0 Å². The molecule has 1 aliphatic rings. The van der Waals surface area contributed by atoms with Gasteiger partial charge in [-0.1, -0.05) is 24.3 Å². The third-order valence-electron chi connectivity index (χ3n) is 5.71. The number of para-hydroxylation sites is 1. The molecule has 5 rings (SSSR count). The maximum Gasteiger partial charge on any atom is 0.263 e. The first kappa shape index (κ1) is 20.1. The van der Waals surface area contributed by atoms with E-state index in [2.05, 4.69) is 33.1 Å². The monoisotopic (exact) mass is 432 g/mol. The van der Waals surface area contributed by atoms with E-state index in [1.54, 1.807) is 25.2 Å². The Bertz CT molecular complexity index is 1250. The summed E-state index contributed by atoms with van der Waals surface area (Å²) < 4.78 is 6.21. The first-order valence-electron chi connectivity index (χ1n) is 10.4. The van der Waals surface area contributed by atoms with Crippen LogP contribution in [-0.4, -0.2) is 59.5 Å². The number of morpholine rings is 1. The van der Waals surface area contributed by atoms with Crippen LogP contribution in [0.1, 0.15) is 26.9 Å². The molecule has 1 saturated heterocycles. The number of amides is 1. The van der Waals surface area contributed by atoms with Gasteiger partial charge in [-0.25, -0.2) is 4.98 Å². The van der Waals surface area contributed by atoms with Crippen LogP contribution in [0.5, 0.6) is 0 Å². The van der Waals surface area contributed by atoms with Gasteiger partial charge in [-0.3, -0.25) is 14.7 Å². The quantitative estimate of drug-likeness (QED) is 0.486. The van der Waals surface area contributed by atoms with E-state index in [0.717, 1.165) is 45.8 Å². The highest BCUT2D eigenvalue weighted by Gasteiger charge is 2.30. The van der Waals surface area contributed by atoms with Crippen molar-refractivity contribution < 1.29 is 9.53 Å². The Morgan fingerprint density at radius 3 is 2.84 bits per heavy atom. The van der Waals surface area contributed by atoms with Gasteiger partial charge in [0.2, 0.25) is 0 Å². The summed E-state index contributed by atoms with van der Waals surface area (Å²) in [7, 11) is 3.57. The summed E-state index contributed by atoms with van der Waals surface area (Å²) in [6, 6.07) is 14.3. The highest BCUT2D eigenvalue weighted by molar-refractivity contribution is 7.20. The predicted molar refractivity (Wildman–Crippen MR) is 123 cm³/mol. The zero-order chi connectivity index (χ0) is 21.4. The summed E-state index contributed by atoms with van der Waals surface area (Å²) in [5.74, 6) is -0.00106. The minimum Gasteiger partial charge on any atom is -0.371 e. The number of thiophene rings is 1. The van der Waals surface area contributed by atoms with Gasteiger partial charge in [-0.2, -0.15) is 0 Å². The van der Waals surface area contributed by atoms with Crippen molar-refractivity contribution in [3.8, 4) is 0 Å². The first-order valence-corrected chi connectivity index (χ1v) is 11.2. The molecule has 158 valence electrons. The number of carbonyl (C=O) groups excluding carboxylic acids is 1. The standard InChI is InChI=1S/C24H24N4O2S/c1-27(2)24(29)22-21(18-7-5-10-26-23(18)31-22)20-15-28(12-13-30-20)14-16-9-11-25-19-8-4-3-6-17(16)19/h3-11,20H,12-15H2,1-2H3/t20-/m1/s1. The average molecular weight is 433 g/mol. The van der Waals surface area contributed by atoms with E-state index in [9.17, 15) is 4.79 Å². The summed E-state index contributed by atoms with van der Waals surface area (Å²) in [5, 5.41) is 2.20. The molecule has 6 nitrogen and oxygen atoms in total. The molecule has 0 radical (unpaired) electrons. The molecular formula is C24H24N4O2S. The minimum atomic E-state index is -0.168. The van der Waals surface area contributed by atoms with Crippen LogP contribution in [0.15, 0.2) is 54.9 Å². The predicted octanol–water partition coefficient (Wildman–Crippen LogP) is 4.12. The molecule has 1 amide bonds. The summed E-state index contributed by atoms with van der Waals surface area (Å²) in [6.07, 6.45) is 3.48. The van der Waals surface area contributed by atoms with E-state index in [-0.39, 0.29) is 12.0 Å². The van der Waals surface area contributed by atoms with E-state index in [0.29, 0.717) is 6.61 Å². The lowest BCUT2D eigenvalue weighted by molar-refractivity contribution is -0.0322. The van der Waals surface area contributed by atoms with Crippen molar-refractivity contribution in [1.82, 2.24) is 19.8 Å². The number of carbonyl (C=O) groups is 1. The molecule has 1 atom stereocenters. The van der Waals surface area contributed by atoms with Gasteiger partial charge in [0, 0.05) is 62.5 Å². The molecule has 7 heteroatoms. The van der Waals surface area contributed by atoms with Crippen LogP contribution in [-0.2, 0) is 11.3 Å². The molecule has 1 aromatic carbocycles. The number of ether oxygens (including phenoxy) is 1. The molecule has 0 N–H and O–H groups in total. The van der Waals surface area contributed by atoms with Crippen LogP contribution in [0.25, 0.3) is 21.1 Å². The normalized spacial score (nSPS) is 17.3. The Balaban J connectivity index is 1.47. The Hall–Kier alpha value is -2.87. The summed E-state index contributed by atoms with van der Waals surface area (Å²) in [4.78, 5) is 27.5. The van der Waals surface area contributed by atoms with Crippen molar-refractivity contribution in [2.75, 3.05) is 33.8 Å². The van der Waals surface area contributed by atoms with Gasteiger partial charge >= 0.3 is 0 Å². The van der Waals surface area contributed by atoms with Crippen LogP contribution in [0.4, 0.5) is 0 Å². The molecule has 4 aromatic rings. The molecule has 0 unspecified atom stereocenters. The van der Waals surface area contributed by atoms with Crippen LogP contribution >= 0.6 is 11.3 Å². The molecule has 31 heavy (non-hydrogen) atoms. The zero-order valence-corrected chi connectivity index (χ0v) is 18.4. The largest absolute Gasteiger partial charge is 0.371 e. The Morgan fingerprint density at radius 2 is 1.97 bits per heavy atom. The fourth-order valence-electron chi connectivity index (χ4n) is 4.19. The average Bonchev–Trinajstić information content (AvgIpc) is 3.18. The van der Waals surface area contributed by atoms with E-state index >= 15 is 0 Å². The third-order valence-corrected chi connectivity index (χ3v) is 6.83. The minimum absolute atomic E-state index is 0.00106. The topological polar surface area (TPSA) is 58.6 Å². The Kier molecular flexibility index (Phi) is 5.40. The van der Waals surface area contributed by atoms with Gasteiger partial charge in [0.05, 0.1) is 18.2 Å². The number of hydrogen-bond donors (Lipinski definition) is 0. The lowest BCUT2D eigenvalue weighted by Crippen LogP contribution is -2.38. The molecule has 4 heterocycles. The molecule has 1 aliphatic heterocycles. The number of hydrogen-bond acceptors (Lipinski definition) is 6. The van der Waals surface area contributed by atoms with E-state index in [1.165, 1.54) is 22.3 Å². The molecule has 0 saturated carbocycles. The number of aromatic nitrogens is 2. The fraction of sp³-hybridized carbons (Fsp3) is 0.292. The first-order chi connectivity index (χ1) is 15.1. The van der Waals surface area contributed by atoms with E-state index < -0.39 is 0 Å². The number of rotatable bonds is 4. The van der Waals surface area contributed by atoms with Crippen molar-refractivity contribution in [2.24, 2.45) is 0 Å². The van der Waals surface area contributed by atoms with Crippen LogP contribution in [0.2, 0.25) is 0 Å². The van der Waals surface area contributed by atoms with Crippen molar-refractivity contribution in [3.63, 3.8) is 0 Å². The smallest absolute Gasteiger partial charge is 0.263 e. The summed E-state index contributed by atoms with van der Waals surface area (Å²) in [6.45, 7) is 3.02. The second-order valence-corrected chi connectivity index (χ2v) is 8.98. The lowest BCUT2D eigenvalue weighted by Gasteiger charge is -2.33. The lowest BCUT2D eigenvalue weighted by atomic mass is 10.0. The number of benzene rings is 1. The zero-order valence-electron chi connectivity index (χ0n) is 17.6. The molecule has 1 fully saturated rings. The van der Waals surface area contributed by atoms with Crippen molar-refractivity contribution in [2.45, 2.75) is 12.6 Å². The second-order valence-electron chi connectivity index (χ2n) is 7.98. The molecule has 0 aliphatic carbocycles. The SMILES string of the molecule is CN(C)C(=O)c1sc2ncccc2c1[C@H]1CN(Cc2ccnc3ccccc23)CCO1. The summed E-state index contributed by atoms with van der Waals surface area (Å²) >= 11 is 1.45. The fourth-order valence-corrected chi connectivity index (χ4v) is 5.40. The molecular weight excluding hydrogens is 408 g/mol. The number of nitrogens with zero attached hydrogens (tertiary/aromatic N) is 4. The number of pyridine rings is 2. The van der Waals surface area contributed by atoms with Crippen LogP contribution in [0, 0.1) is 0 Å². The van der Waals surface area contributed by atoms with Gasteiger partial charge in [0.1, 0.15) is 9.71 Å². The van der Waals surface area contributed by atoms with Gasteiger partial charge in [0.15, 0.2) is 0 Å². The van der Waals surface area contributed by atoms with Crippen molar-refractivity contribution in [1.29, 1.82) is 0 Å². The van der Waals surface area contributed by atoms with E-state index in [4.69, 9.17) is 4.74 Å². The van der Waals surface area contributed by atoms with Gasteiger partial charge in [-0.15, -0.1) is 11.3 Å². The molecule has 0 bridgehead atoms. The number of fused-ring (bicyclic) bond motifs is 2. The highest BCUT2D eigenvalue weighted by atomic mass is 32.1.